The second-order valence-corrected chi connectivity index (χ2v) is 5.30. The lowest BCUT2D eigenvalue weighted by atomic mass is 10.2. The molecule has 124 valence electrons. The fourth-order valence-corrected chi connectivity index (χ4v) is 2.24. The van der Waals surface area contributed by atoms with E-state index >= 15 is 0 Å². The van der Waals surface area contributed by atoms with E-state index in [1.54, 1.807) is 18.0 Å². The standard InChI is InChI=1S/C16H20N2O5/c1-4-5-8-17(2)14(19)10-18-12-7-6-11(15(20)22-3)9-13(12)23-16(18)21/h6-7,9H,4-5,8,10H2,1-3H3. The van der Waals surface area contributed by atoms with Gasteiger partial charge in [0.25, 0.3) is 0 Å². The van der Waals surface area contributed by atoms with Crippen molar-refractivity contribution in [3.63, 3.8) is 0 Å². The molecule has 2 aromatic rings. The minimum Gasteiger partial charge on any atom is -0.465 e. The van der Waals surface area contributed by atoms with E-state index in [9.17, 15) is 14.4 Å². The fraction of sp³-hybridized carbons (Fsp3) is 0.438. The summed E-state index contributed by atoms with van der Waals surface area (Å²) in [7, 11) is 2.99. The van der Waals surface area contributed by atoms with Crippen LogP contribution >= 0.6 is 0 Å². The van der Waals surface area contributed by atoms with E-state index in [1.807, 2.05) is 6.92 Å². The van der Waals surface area contributed by atoms with Crippen LogP contribution in [0.5, 0.6) is 0 Å². The molecule has 0 radical (unpaired) electrons. The predicted octanol–water partition coefficient (Wildman–Crippen LogP) is 1.64. The molecule has 1 heterocycles. The van der Waals surface area contributed by atoms with Gasteiger partial charge in [-0.1, -0.05) is 13.3 Å². The first-order chi connectivity index (χ1) is 11.0. The molecule has 7 heteroatoms. The van der Waals surface area contributed by atoms with Crippen LogP contribution in [-0.4, -0.2) is 42.0 Å². The number of ether oxygens (including phenoxy) is 1. The van der Waals surface area contributed by atoms with Crippen molar-refractivity contribution in [1.29, 1.82) is 0 Å². The smallest absolute Gasteiger partial charge is 0.420 e. The third-order valence-electron chi connectivity index (χ3n) is 3.66. The Bertz CT molecular complexity index is 774. The summed E-state index contributed by atoms with van der Waals surface area (Å²) in [6, 6.07) is 4.54. The number of nitrogens with zero attached hydrogens (tertiary/aromatic N) is 2. The minimum atomic E-state index is -0.626. The van der Waals surface area contributed by atoms with Gasteiger partial charge < -0.3 is 14.1 Å². The highest BCUT2D eigenvalue weighted by atomic mass is 16.5. The average molecular weight is 320 g/mol. The van der Waals surface area contributed by atoms with Crippen molar-refractivity contribution in [1.82, 2.24) is 9.47 Å². The lowest BCUT2D eigenvalue weighted by Gasteiger charge is -2.16. The van der Waals surface area contributed by atoms with Crippen LogP contribution in [0.15, 0.2) is 27.4 Å². The molecular formula is C16H20N2O5. The second-order valence-electron chi connectivity index (χ2n) is 5.30. The van der Waals surface area contributed by atoms with Crippen LogP contribution in [0.25, 0.3) is 11.1 Å². The van der Waals surface area contributed by atoms with Gasteiger partial charge in [-0.15, -0.1) is 0 Å². The normalized spacial score (nSPS) is 10.7. The summed E-state index contributed by atoms with van der Waals surface area (Å²) in [5.41, 5.74) is 1.01. The van der Waals surface area contributed by atoms with Crippen LogP contribution in [0, 0.1) is 0 Å². The van der Waals surface area contributed by atoms with Crippen molar-refractivity contribution in [3.05, 3.63) is 34.3 Å². The van der Waals surface area contributed by atoms with Gasteiger partial charge in [0.15, 0.2) is 5.58 Å². The van der Waals surface area contributed by atoms with Crippen LogP contribution in [0.1, 0.15) is 30.1 Å². The van der Waals surface area contributed by atoms with Gasteiger partial charge in [0.2, 0.25) is 5.91 Å². The molecule has 2 rings (SSSR count). The number of fused-ring (bicyclic) bond motifs is 1. The summed E-state index contributed by atoms with van der Waals surface area (Å²) in [5.74, 6) is -1.31. The first-order valence-corrected chi connectivity index (χ1v) is 7.43. The van der Waals surface area contributed by atoms with Crippen molar-refractivity contribution >= 4 is 23.0 Å². The van der Waals surface area contributed by atoms with Gasteiger partial charge in [0.05, 0.1) is 18.2 Å². The van der Waals surface area contributed by atoms with Crippen molar-refractivity contribution in [2.75, 3.05) is 20.7 Å². The number of methoxy groups -OCH3 is 1. The molecule has 23 heavy (non-hydrogen) atoms. The topological polar surface area (TPSA) is 81.8 Å². The largest absolute Gasteiger partial charge is 0.465 e. The van der Waals surface area contributed by atoms with E-state index in [1.165, 1.54) is 23.8 Å². The van der Waals surface area contributed by atoms with E-state index < -0.39 is 11.7 Å². The summed E-state index contributed by atoms with van der Waals surface area (Å²) in [6.07, 6.45) is 1.90. The Labute approximate surface area is 133 Å². The molecule has 0 aliphatic rings. The van der Waals surface area contributed by atoms with Gasteiger partial charge in [-0.05, 0) is 24.6 Å². The Morgan fingerprint density at radius 2 is 2.09 bits per heavy atom. The maximum Gasteiger partial charge on any atom is 0.420 e. The van der Waals surface area contributed by atoms with Crippen LogP contribution < -0.4 is 5.76 Å². The molecule has 0 saturated heterocycles. The zero-order chi connectivity index (χ0) is 17.0. The Morgan fingerprint density at radius 1 is 1.35 bits per heavy atom. The number of unbranched alkanes of at least 4 members (excludes halogenated alkanes) is 1. The van der Waals surface area contributed by atoms with E-state index in [2.05, 4.69) is 4.74 Å². The maximum absolute atomic E-state index is 12.2. The third kappa shape index (κ3) is 3.61. The molecule has 1 amide bonds. The lowest BCUT2D eigenvalue weighted by Crippen LogP contribution is -2.33. The van der Waals surface area contributed by atoms with Crippen molar-refractivity contribution in [2.24, 2.45) is 0 Å². The molecular weight excluding hydrogens is 300 g/mol. The molecule has 0 unspecified atom stereocenters. The number of hydrogen-bond acceptors (Lipinski definition) is 5. The number of benzene rings is 1. The number of oxazole rings is 1. The molecule has 0 aliphatic carbocycles. The number of likely N-dealkylation sites (N-methyl/N-ethyl adjacent to an activating group) is 1. The number of esters is 1. The molecule has 7 nitrogen and oxygen atoms in total. The van der Waals surface area contributed by atoms with Gasteiger partial charge in [0.1, 0.15) is 6.54 Å². The Hall–Kier alpha value is -2.57. The van der Waals surface area contributed by atoms with Crippen molar-refractivity contribution in [2.45, 2.75) is 26.3 Å². The number of carbonyl (C=O) groups is 2. The summed E-state index contributed by atoms with van der Waals surface area (Å²) < 4.78 is 11.0. The molecule has 0 aliphatic heterocycles. The van der Waals surface area contributed by atoms with E-state index in [0.29, 0.717) is 12.1 Å². The van der Waals surface area contributed by atoms with Crippen molar-refractivity contribution < 1.29 is 18.7 Å². The summed E-state index contributed by atoms with van der Waals surface area (Å²) >= 11 is 0. The second kappa shape index (κ2) is 7.13. The first-order valence-electron chi connectivity index (χ1n) is 7.43. The number of aromatic nitrogens is 1. The van der Waals surface area contributed by atoms with Crippen LogP contribution in [0.4, 0.5) is 0 Å². The Balaban J connectivity index is 2.28. The number of hydrogen-bond donors (Lipinski definition) is 0. The zero-order valence-electron chi connectivity index (χ0n) is 13.5. The van der Waals surface area contributed by atoms with Crippen LogP contribution in [-0.2, 0) is 16.1 Å². The van der Waals surface area contributed by atoms with Gasteiger partial charge in [0, 0.05) is 13.6 Å². The van der Waals surface area contributed by atoms with Gasteiger partial charge in [-0.2, -0.15) is 0 Å². The molecule has 0 bridgehead atoms. The first kappa shape index (κ1) is 16.8. The monoisotopic (exact) mass is 320 g/mol. The number of carbonyl (C=O) groups excluding carboxylic acids is 2. The molecule has 0 N–H and O–H groups in total. The van der Waals surface area contributed by atoms with E-state index in [-0.39, 0.29) is 23.6 Å². The molecule has 0 atom stereocenters. The summed E-state index contributed by atoms with van der Waals surface area (Å²) in [4.78, 5) is 37.3. The van der Waals surface area contributed by atoms with Gasteiger partial charge >= 0.3 is 11.7 Å². The highest BCUT2D eigenvalue weighted by molar-refractivity contribution is 5.93. The predicted molar refractivity (Wildman–Crippen MR) is 84.4 cm³/mol. The highest BCUT2D eigenvalue weighted by Crippen LogP contribution is 2.16. The maximum atomic E-state index is 12.2. The Kier molecular flexibility index (Phi) is 5.20. The average Bonchev–Trinajstić information content (AvgIpc) is 2.86. The Morgan fingerprint density at radius 3 is 2.74 bits per heavy atom. The SMILES string of the molecule is CCCCN(C)C(=O)Cn1c(=O)oc2cc(C(=O)OC)ccc21. The van der Waals surface area contributed by atoms with Crippen molar-refractivity contribution in [3.8, 4) is 0 Å². The van der Waals surface area contributed by atoms with Crippen LogP contribution in [0.2, 0.25) is 0 Å². The van der Waals surface area contributed by atoms with E-state index in [4.69, 9.17) is 4.42 Å². The molecule has 0 fully saturated rings. The molecule has 1 aromatic carbocycles. The number of rotatable bonds is 6. The molecule has 0 saturated carbocycles. The zero-order valence-corrected chi connectivity index (χ0v) is 13.5. The number of amides is 1. The van der Waals surface area contributed by atoms with E-state index in [0.717, 1.165) is 12.8 Å². The summed E-state index contributed by atoms with van der Waals surface area (Å²) in [5, 5.41) is 0. The van der Waals surface area contributed by atoms with Gasteiger partial charge in [-0.3, -0.25) is 9.36 Å². The fourth-order valence-electron chi connectivity index (χ4n) is 2.24. The molecule has 0 spiro atoms. The minimum absolute atomic E-state index is 0.0936. The third-order valence-corrected chi connectivity index (χ3v) is 3.66. The van der Waals surface area contributed by atoms with Gasteiger partial charge in [-0.25, -0.2) is 9.59 Å². The molecule has 1 aromatic heterocycles. The summed E-state index contributed by atoms with van der Waals surface area (Å²) in [6.45, 7) is 2.60. The van der Waals surface area contributed by atoms with Crippen LogP contribution in [0.3, 0.4) is 0 Å². The quantitative estimate of drug-likeness (QED) is 0.756. The highest BCUT2D eigenvalue weighted by Gasteiger charge is 2.17. The lowest BCUT2D eigenvalue weighted by molar-refractivity contribution is -0.130.